The summed E-state index contributed by atoms with van der Waals surface area (Å²) in [5.41, 5.74) is 12.4. The van der Waals surface area contributed by atoms with E-state index in [1.165, 1.54) is 0 Å². The quantitative estimate of drug-likeness (QED) is 0.265. The summed E-state index contributed by atoms with van der Waals surface area (Å²) in [4.78, 5) is 29.2. The molecule has 6 N–H and O–H groups in total. The zero-order valence-electron chi connectivity index (χ0n) is 16.7. The zero-order valence-corrected chi connectivity index (χ0v) is 16.7. The molecule has 0 unspecified atom stereocenters. The SMILES string of the molecule is N#Cc1ccc(C[C@H](NC(=O)c2ccccc2)C(=O)NCCCCN=C(N)N)cc1. The Morgan fingerprint density at radius 2 is 1.73 bits per heavy atom. The number of unbranched alkanes of at least 4 members (excludes halogenated alkanes) is 1. The molecule has 0 aliphatic rings. The Morgan fingerprint density at radius 1 is 1.03 bits per heavy atom. The van der Waals surface area contributed by atoms with Crippen LogP contribution in [-0.4, -0.2) is 36.9 Å². The van der Waals surface area contributed by atoms with Crippen molar-refractivity contribution in [3.05, 3.63) is 71.3 Å². The molecular weight excluding hydrogens is 380 g/mol. The highest BCUT2D eigenvalue weighted by Gasteiger charge is 2.21. The number of carbonyl (C=O) groups is 2. The smallest absolute Gasteiger partial charge is 0.251 e. The highest BCUT2D eigenvalue weighted by Crippen LogP contribution is 2.08. The largest absolute Gasteiger partial charge is 0.370 e. The van der Waals surface area contributed by atoms with E-state index in [0.29, 0.717) is 37.1 Å². The Labute approximate surface area is 176 Å². The van der Waals surface area contributed by atoms with E-state index < -0.39 is 6.04 Å². The van der Waals surface area contributed by atoms with Crippen molar-refractivity contribution in [3.63, 3.8) is 0 Å². The van der Waals surface area contributed by atoms with Gasteiger partial charge in [-0.3, -0.25) is 14.6 Å². The normalized spacial score (nSPS) is 11.0. The van der Waals surface area contributed by atoms with Crippen molar-refractivity contribution < 1.29 is 9.59 Å². The molecule has 0 spiro atoms. The number of benzene rings is 2. The summed E-state index contributed by atoms with van der Waals surface area (Å²) in [7, 11) is 0. The molecule has 8 nitrogen and oxygen atoms in total. The average molecular weight is 406 g/mol. The van der Waals surface area contributed by atoms with Gasteiger partial charge in [-0.25, -0.2) is 0 Å². The summed E-state index contributed by atoms with van der Waals surface area (Å²) in [6.45, 7) is 0.946. The van der Waals surface area contributed by atoms with Crippen LogP contribution in [0, 0.1) is 11.3 Å². The number of hydrogen-bond acceptors (Lipinski definition) is 4. The first-order valence-electron chi connectivity index (χ1n) is 9.67. The standard InChI is InChI=1S/C22H26N6O2/c23-15-17-10-8-16(9-11-17)14-19(28-20(29)18-6-2-1-3-7-18)21(30)26-12-4-5-13-27-22(24)25/h1-3,6-11,19H,4-5,12-14H2,(H,26,30)(H,28,29)(H4,24,25,27)/t19-/m0/s1. The number of guanidine groups is 1. The number of nitrogens with zero attached hydrogens (tertiary/aromatic N) is 2. The van der Waals surface area contributed by atoms with E-state index in [-0.39, 0.29) is 17.8 Å². The predicted molar refractivity (Wildman–Crippen MR) is 115 cm³/mol. The van der Waals surface area contributed by atoms with Crippen molar-refractivity contribution in [2.24, 2.45) is 16.5 Å². The number of nitriles is 1. The van der Waals surface area contributed by atoms with Gasteiger partial charge in [0.2, 0.25) is 5.91 Å². The number of nitrogens with two attached hydrogens (primary N) is 2. The minimum atomic E-state index is -0.747. The molecule has 30 heavy (non-hydrogen) atoms. The van der Waals surface area contributed by atoms with Crippen molar-refractivity contribution in [2.75, 3.05) is 13.1 Å². The number of nitrogens with one attached hydrogen (secondary N) is 2. The maximum Gasteiger partial charge on any atom is 0.251 e. The van der Waals surface area contributed by atoms with E-state index in [0.717, 1.165) is 12.0 Å². The molecule has 2 rings (SSSR count). The lowest BCUT2D eigenvalue weighted by Crippen LogP contribution is -2.48. The number of aliphatic imine (C=N–C) groups is 1. The van der Waals surface area contributed by atoms with Gasteiger partial charge in [0, 0.05) is 25.1 Å². The first-order chi connectivity index (χ1) is 14.5. The maximum absolute atomic E-state index is 12.7. The molecule has 0 saturated heterocycles. The first kappa shape index (κ1) is 22.4. The van der Waals surface area contributed by atoms with Crippen LogP contribution < -0.4 is 22.1 Å². The lowest BCUT2D eigenvalue weighted by molar-refractivity contribution is -0.122. The molecule has 156 valence electrons. The average Bonchev–Trinajstić information content (AvgIpc) is 2.76. The minimum Gasteiger partial charge on any atom is -0.370 e. The van der Waals surface area contributed by atoms with Crippen LogP contribution in [-0.2, 0) is 11.2 Å². The third-order valence-electron chi connectivity index (χ3n) is 4.36. The van der Waals surface area contributed by atoms with Gasteiger partial charge in [-0.15, -0.1) is 0 Å². The van der Waals surface area contributed by atoms with Gasteiger partial charge in [-0.1, -0.05) is 30.3 Å². The molecule has 0 radical (unpaired) electrons. The van der Waals surface area contributed by atoms with Gasteiger partial charge in [0.1, 0.15) is 6.04 Å². The third-order valence-corrected chi connectivity index (χ3v) is 4.36. The van der Waals surface area contributed by atoms with Gasteiger partial charge in [0.15, 0.2) is 5.96 Å². The van der Waals surface area contributed by atoms with Crippen molar-refractivity contribution in [3.8, 4) is 6.07 Å². The molecule has 1 atom stereocenters. The molecule has 2 aromatic carbocycles. The molecular formula is C22H26N6O2. The van der Waals surface area contributed by atoms with Crippen LogP contribution in [0.2, 0.25) is 0 Å². The van der Waals surface area contributed by atoms with Crippen molar-refractivity contribution in [1.82, 2.24) is 10.6 Å². The Balaban J connectivity index is 2.00. The molecule has 2 aromatic rings. The minimum absolute atomic E-state index is 0.0464. The van der Waals surface area contributed by atoms with Gasteiger partial charge >= 0.3 is 0 Å². The Hall–Kier alpha value is -3.86. The Morgan fingerprint density at radius 3 is 2.37 bits per heavy atom. The van der Waals surface area contributed by atoms with E-state index in [9.17, 15) is 9.59 Å². The summed E-state index contributed by atoms with van der Waals surface area (Å²) >= 11 is 0. The molecule has 2 amide bonds. The summed E-state index contributed by atoms with van der Waals surface area (Å²) in [6, 6.07) is 17.0. The fourth-order valence-electron chi connectivity index (χ4n) is 2.77. The van der Waals surface area contributed by atoms with E-state index in [4.69, 9.17) is 16.7 Å². The summed E-state index contributed by atoms with van der Waals surface area (Å²) < 4.78 is 0. The fraction of sp³-hybridized carbons (Fsp3) is 0.273. The van der Waals surface area contributed by atoms with Crippen LogP contribution in [0.4, 0.5) is 0 Å². The molecule has 8 heteroatoms. The molecule has 0 fully saturated rings. The molecule has 0 saturated carbocycles. The lowest BCUT2D eigenvalue weighted by atomic mass is 10.0. The topological polar surface area (TPSA) is 146 Å². The first-order valence-corrected chi connectivity index (χ1v) is 9.67. The maximum atomic E-state index is 12.7. The predicted octanol–water partition coefficient (Wildman–Crippen LogP) is 1.07. The summed E-state index contributed by atoms with van der Waals surface area (Å²) in [5, 5.41) is 14.6. The highest BCUT2D eigenvalue weighted by atomic mass is 16.2. The van der Waals surface area contributed by atoms with Gasteiger partial charge in [-0.05, 0) is 42.7 Å². The molecule has 0 heterocycles. The third kappa shape index (κ3) is 7.64. The van der Waals surface area contributed by atoms with Crippen LogP contribution >= 0.6 is 0 Å². The highest BCUT2D eigenvalue weighted by molar-refractivity contribution is 5.97. The molecule has 0 aliphatic heterocycles. The number of rotatable bonds is 10. The van der Waals surface area contributed by atoms with E-state index in [1.54, 1.807) is 48.5 Å². The molecule has 0 bridgehead atoms. The monoisotopic (exact) mass is 406 g/mol. The summed E-state index contributed by atoms with van der Waals surface area (Å²) in [5.74, 6) is -0.548. The van der Waals surface area contributed by atoms with E-state index in [2.05, 4.69) is 21.7 Å². The van der Waals surface area contributed by atoms with Gasteiger partial charge in [0.25, 0.3) is 5.91 Å². The Bertz CT molecular complexity index is 899. The number of amides is 2. The molecule has 0 aromatic heterocycles. The number of hydrogen-bond donors (Lipinski definition) is 4. The van der Waals surface area contributed by atoms with Crippen LogP contribution in [0.1, 0.15) is 34.3 Å². The lowest BCUT2D eigenvalue weighted by Gasteiger charge is -2.19. The van der Waals surface area contributed by atoms with Crippen LogP contribution in [0.5, 0.6) is 0 Å². The van der Waals surface area contributed by atoms with Crippen LogP contribution in [0.15, 0.2) is 59.6 Å². The second kappa shape index (κ2) is 11.9. The van der Waals surface area contributed by atoms with Crippen molar-refractivity contribution >= 4 is 17.8 Å². The van der Waals surface area contributed by atoms with Gasteiger partial charge in [0.05, 0.1) is 11.6 Å². The summed E-state index contributed by atoms with van der Waals surface area (Å²) in [6.07, 6.45) is 1.75. The fourth-order valence-corrected chi connectivity index (χ4v) is 2.77. The van der Waals surface area contributed by atoms with E-state index >= 15 is 0 Å². The van der Waals surface area contributed by atoms with Gasteiger partial charge in [-0.2, -0.15) is 5.26 Å². The van der Waals surface area contributed by atoms with E-state index in [1.807, 2.05) is 6.07 Å². The number of carbonyl (C=O) groups excluding carboxylic acids is 2. The second-order valence-corrected chi connectivity index (χ2v) is 6.71. The van der Waals surface area contributed by atoms with Crippen molar-refractivity contribution in [2.45, 2.75) is 25.3 Å². The van der Waals surface area contributed by atoms with Crippen molar-refractivity contribution in [1.29, 1.82) is 5.26 Å². The second-order valence-electron chi connectivity index (χ2n) is 6.71. The van der Waals surface area contributed by atoms with Gasteiger partial charge < -0.3 is 22.1 Å². The van der Waals surface area contributed by atoms with Crippen LogP contribution in [0.25, 0.3) is 0 Å². The molecule has 0 aliphatic carbocycles. The zero-order chi connectivity index (χ0) is 21.8. The Kier molecular flexibility index (Phi) is 8.87. The van der Waals surface area contributed by atoms with Crippen LogP contribution in [0.3, 0.4) is 0 Å².